The van der Waals surface area contributed by atoms with Crippen LogP contribution in [0.3, 0.4) is 0 Å². The molecule has 1 aromatic carbocycles. The van der Waals surface area contributed by atoms with Gasteiger partial charge < -0.3 is 19.1 Å². The van der Waals surface area contributed by atoms with Gasteiger partial charge in [-0.05, 0) is 64.3 Å². The van der Waals surface area contributed by atoms with Crippen molar-refractivity contribution in [3.8, 4) is 11.5 Å². The molecule has 0 N–H and O–H groups in total. The number of hydrogen-bond donors (Lipinski definition) is 0. The van der Waals surface area contributed by atoms with Gasteiger partial charge in [-0.15, -0.1) is 0 Å². The van der Waals surface area contributed by atoms with E-state index < -0.39 is 18.3 Å². The van der Waals surface area contributed by atoms with E-state index in [0.717, 1.165) is 5.56 Å². The molecule has 8 nitrogen and oxygen atoms in total. The molecule has 1 amide bonds. The molecule has 166 valence electrons. The van der Waals surface area contributed by atoms with E-state index in [9.17, 15) is 13.6 Å². The molecule has 1 saturated heterocycles. The van der Waals surface area contributed by atoms with Crippen LogP contribution in [0.25, 0.3) is 10.4 Å². The van der Waals surface area contributed by atoms with E-state index in [2.05, 4.69) is 14.8 Å². The first-order valence-corrected chi connectivity index (χ1v) is 9.76. The lowest BCUT2D eigenvalue weighted by Crippen LogP contribution is -2.41. The number of rotatable bonds is 7. The molecule has 1 fully saturated rings. The van der Waals surface area contributed by atoms with E-state index in [1.165, 1.54) is 6.07 Å². The van der Waals surface area contributed by atoms with Crippen LogP contribution in [0.4, 0.5) is 13.6 Å². The number of azide groups is 1. The molecular formula is C20H28F2N4O4. The Hall–Kier alpha value is -2.74. The minimum Gasteiger partial charge on any atom is -0.487 e. The van der Waals surface area contributed by atoms with Crippen molar-refractivity contribution in [2.45, 2.75) is 71.3 Å². The van der Waals surface area contributed by atoms with Gasteiger partial charge in [0.1, 0.15) is 5.60 Å². The van der Waals surface area contributed by atoms with Gasteiger partial charge in [0.15, 0.2) is 11.5 Å². The number of carbonyl (C=O) groups is 1. The van der Waals surface area contributed by atoms with Gasteiger partial charge in [0.2, 0.25) is 0 Å². The third-order valence-electron chi connectivity index (χ3n) is 4.42. The monoisotopic (exact) mass is 426 g/mol. The van der Waals surface area contributed by atoms with Crippen LogP contribution >= 0.6 is 0 Å². The number of ether oxygens (including phenoxy) is 3. The predicted octanol–water partition coefficient (Wildman–Crippen LogP) is 5.48. The summed E-state index contributed by atoms with van der Waals surface area (Å²) < 4.78 is 41.1. The Bertz CT molecular complexity index is 792. The predicted molar refractivity (Wildman–Crippen MR) is 107 cm³/mol. The number of amides is 1. The average Bonchev–Trinajstić information content (AvgIpc) is 3.03. The summed E-state index contributed by atoms with van der Waals surface area (Å²) in [7, 11) is 0. The van der Waals surface area contributed by atoms with Crippen LogP contribution in [0.5, 0.6) is 11.5 Å². The van der Waals surface area contributed by atoms with Gasteiger partial charge in [-0.1, -0.05) is 11.2 Å². The SMILES string of the molecule is CC(C)Oc1cc([C@@H]2C[C@H](CN=[N+]=[N-])N(C(=O)OC(C)(C)C)C2)ccc1OC(F)F. The van der Waals surface area contributed by atoms with Crippen LogP contribution in [0.15, 0.2) is 23.3 Å². The lowest BCUT2D eigenvalue weighted by molar-refractivity contribution is -0.0519. The lowest BCUT2D eigenvalue weighted by atomic mass is 9.96. The van der Waals surface area contributed by atoms with Crippen molar-refractivity contribution in [2.24, 2.45) is 5.11 Å². The number of alkyl halides is 2. The summed E-state index contributed by atoms with van der Waals surface area (Å²) in [6.07, 6.45) is -0.187. The van der Waals surface area contributed by atoms with Gasteiger partial charge >= 0.3 is 12.7 Å². The molecule has 1 heterocycles. The van der Waals surface area contributed by atoms with Crippen LogP contribution in [0.1, 0.15) is 52.5 Å². The van der Waals surface area contributed by atoms with Gasteiger partial charge in [-0.2, -0.15) is 8.78 Å². The first-order valence-electron chi connectivity index (χ1n) is 9.76. The minimum absolute atomic E-state index is 0.0462. The summed E-state index contributed by atoms with van der Waals surface area (Å²) in [5.41, 5.74) is 8.82. The highest BCUT2D eigenvalue weighted by Gasteiger charge is 2.38. The second kappa shape index (κ2) is 9.84. The fraction of sp³-hybridized carbons (Fsp3) is 0.650. The Morgan fingerprint density at radius 2 is 2.00 bits per heavy atom. The van der Waals surface area contributed by atoms with E-state index in [-0.39, 0.29) is 36.1 Å². The molecule has 0 radical (unpaired) electrons. The van der Waals surface area contributed by atoms with E-state index in [1.807, 2.05) is 0 Å². The molecule has 2 atom stereocenters. The average molecular weight is 426 g/mol. The van der Waals surface area contributed by atoms with E-state index in [1.54, 1.807) is 51.7 Å². The van der Waals surface area contributed by atoms with Crippen molar-refractivity contribution in [1.29, 1.82) is 0 Å². The van der Waals surface area contributed by atoms with Crippen molar-refractivity contribution in [1.82, 2.24) is 4.90 Å². The third-order valence-corrected chi connectivity index (χ3v) is 4.42. The second-order valence-electron chi connectivity index (χ2n) is 8.38. The normalized spacial score (nSPS) is 19.0. The van der Waals surface area contributed by atoms with Gasteiger partial charge in [0, 0.05) is 30.0 Å². The van der Waals surface area contributed by atoms with Gasteiger partial charge in [-0.25, -0.2) is 4.79 Å². The molecule has 1 aromatic rings. The topological polar surface area (TPSA) is 96.8 Å². The second-order valence-corrected chi connectivity index (χ2v) is 8.38. The lowest BCUT2D eigenvalue weighted by Gasteiger charge is -2.28. The number of likely N-dealkylation sites (tertiary alicyclic amines) is 1. The zero-order valence-electron chi connectivity index (χ0n) is 17.8. The number of benzene rings is 1. The Balaban J connectivity index is 2.29. The third kappa shape index (κ3) is 6.66. The summed E-state index contributed by atoms with van der Waals surface area (Å²) >= 11 is 0. The fourth-order valence-electron chi connectivity index (χ4n) is 3.32. The molecular weight excluding hydrogens is 398 g/mol. The quantitative estimate of drug-likeness (QED) is 0.328. The number of carbonyl (C=O) groups excluding carboxylic acids is 1. The maximum atomic E-state index is 12.7. The summed E-state index contributed by atoms with van der Waals surface area (Å²) in [5, 5.41) is 3.62. The molecule has 0 saturated carbocycles. The maximum absolute atomic E-state index is 12.7. The first-order chi connectivity index (χ1) is 14.0. The van der Waals surface area contributed by atoms with Crippen LogP contribution in [-0.2, 0) is 4.74 Å². The molecule has 2 rings (SSSR count). The van der Waals surface area contributed by atoms with Crippen molar-refractivity contribution in [3.05, 3.63) is 34.2 Å². The van der Waals surface area contributed by atoms with Gasteiger partial charge in [-0.3, -0.25) is 0 Å². The Morgan fingerprint density at radius 1 is 1.30 bits per heavy atom. The smallest absolute Gasteiger partial charge is 0.410 e. The molecule has 0 spiro atoms. The van der Waals surface area contributed by atoms with Crippen molar-refractivity contribution in [2.75, 3.05) is 13.1 Å². The van der Waals surface area contributed by atoms with Crippen molar-refractivity contribution >= 4 is 6.09 Å². The summed E-state index contributed by atoms with van der Waals surface area (Å²) in [6.45, 7) is 6.40. The molecule has 30 heavy (non-hydrogen) atoms. The zero-order chi connectivity index (χ0) is 22.5. The fourth-order valence-corrected chi connectivity index (χ4v) is 3.32. The van der Waals surface area contributed by atoms with Crippen LogP contribution in [0.2, 0.25) is 0 Å². The van der Waals surface area contributed by atoms with E-state index in [0.29, 0.717) is 13.0 Å². The molecule has 0 aromatic heterocycles. The first kappa shape index (κ1) is 23.5. The van der Waals surface area contributed by atoms with Crippen LogP contribution in [-0.4, -0.2) is 48.4 Å². The molecule has 0 aliphatic carbocycles. The summed E-state index contributed by atoms with van der Waals surface area (Å²) in [5.74, 6) is 0.0618. The van der Waals surface area contributed by atoms with Gasteiger partial charge in [0.25, 0.3) is 0 Å². The maximum Gasteiger partial charge on any atom is 0.410 e. The van der Waals surface area contributed by atoms with E-state index >= 15 is 0 Å². The molecule has 0 unspecified atom stereocenters. The van der Waals surface area contributed by atoms with Crippen LogP contribution in [0, 0.1) is 0 Å². The van der Waals surface area contributed by atoms with Crippen molar-refractivity contribution < 1.29 is 27.8 Å². The molecule has 0 bridgehead atoms. The number of halogens is 2. The standard InChI is InChI=1S/C20H28F2N4O4/c1-12(2)28-17-9-13(6-7-16(17)29-18(21)22)14-8-15(10-24-25-23)26(11-14)19(27)30-20(3,4)5/h6-7,9,12,14-15,18H,8,10-11H2,1-5H3/t14-,15-/m1/s1. The highest BCUT2D eigenvalue weighted by atomic mass is 19.3. The van der Waals surface area contributed by atoms with E-state index in [4.69, 9.17) is 15.0 Å². The largest absolute Gasteiger partial charge is 0.487 e. The minimum atomic E-state index is -2.97. The number of hydrogen-bond acceptors (Lipinski definition) is 5. The summed E-state index contributed by atoms with van der Waals surface area (Å²) in [6, 6.07) is 4.45. The molecule has 10 heteroatoms. The summed E-state index contributed by atoms with van der Waals surface area (Å²) in [4.78, 5) is 17.0. The molecule has 1 aliphatic heterocycles. The Morgan fingerprint density at radius 3 is 2.57 bits per heavy atom. The Kier molecular flexibility index (Phi) is 7.72. The van der Waals surface area contributed by atoms with Crippen molar-refractivity contribution in [3.63, 3.8) is 0 Å². The molecule has 1 aliphatic rings. The number of nitrogens with zero attached hydrogens (tertiary/aromatic N) is 4. The highest BCUT2D eigenvalue weighted by Crippen LogP contribution is 2.38. The zero-order valence-corrected chi connectivity index (χ0v) is 17.8. The van der Waals surface area contributed by atoms with Crippen LogP contribution < -0.4 is 9.47 Å². The highest BCUT2D eigenvalue weighted by molar-refractivity contribution is 5.69. The van der Waals surface area contributed by atoms with Gasteiger partial charge in [0.05, 0.1) is 6.10 Å². The Labute approximate surface area is 174 Å².